The number of hydrogen-bond acceptors (Lipinski definition) is 4. The molecule has 1 heterocycles. The lowest BCUT2D eigenvalue weighted by Gasteiger charge is -2.22. The predicted molar refractivity (Wildman–Crippen MR) is 77.9 cm³/mol. The van der Waals surface area contributed by atoms with E-state index in [9.17, 15) is 5.11 Å². The van der Waals surface area contributed by atoms with E-state index in [0.29, 0.717) is 13.2 Å². The van der Waals surface area contributed by atoms with Crippen molar-refractivity contribution in [2.75, 3.05) is 19.8 Å². The molecular formula is C14H20BrNO3. The molecule has 1 aliphatic rings. The van der Waals surface area contributed by atoms with Gasteiger partial charge in [-0.25, -0.2) is 0 Å². The average Bonchev–Trinajstić information content (AvgIpc) is 2.63. The summed E-state index contributed by atoms with van der Waals surface area (Å²) in [4.78, 5) is 0. The van der Waals surface area contributed by atoms with Gasteiger partial charge in [0.25, 0.3) is 0 Å². The van der Waals surface area contributed by atoms with Crippen molar-refractivity contribution in [3.63, 3.8) is 0 Å². The van der Waals surface area contributed by atoms with Gasteiger partial charge in [-0.3, -0.25) is 0 Å². The molecule has 1 aromatic carbocycles. The molecule has 106 valence electrons. The fourth-order valence-corrected chi connectivity index (χ4v) is 2.87. The quantitative estimate of drug-likeness (QED) is 0.894. The average molecular weight is 330 g/mol. The Morgan fingerprint density at radius 2 is 1.95 bits per heavy atom. The van der Waals surface area contributed by atoms with Crippen molar-refractivity contribution in [3.8, 4) is 11.5 Å². The first-order chi connectivity index (χ1) is 9.06. The van der Waals surface area contributed by atoms with Crippen molar-refractivity contribution in [3.05, 3.63) is 21.7 Å². The highest BCUT2D eigenvalue weighted by atomic mass is 79.9. The first kappa shape index (κ1) is 14.6. The van der Waals surface area contributed by atoms with Gasteiger partial charge in [0.2, 0.25) is 0 Å². The predicted octanol–water partition coefficient (Wildman–Crippen LogP) is 2.73. The molecule has 2 rings (SSSR count). The zero-order chi connectivity index (χ0) is 14.0. The Bertz CT molecular complexity index is 462. The van der Waals surface area contributed by atoms with Crippen molar-refractivity contribution in [1.82, 2.24) is 0 Å². The van der Waals surface area contributed by atoms with Crippen molar-refractivity contribution < 1.29 is 14.6 Å². The molecule has 1 atom stereocenters. The fraction of sp³-hybridized carbons (Fsp3) is 0.571. The molecule has 0 bridgehead atoms. The lowest BCUT2D eigenvalue weighted by atomic mass is 9.92. The molecule has 0 fully saturated rings. The summed E-state index contributed by atoms with van der Waals surface area (Å²) in [7, 11) is 0. The summed E-state index contributed by atoms with van der Waals surface area (Å²) in [6.45, 7) is 5.60. The van der Waals surface area contributed by atoms with Crippen LogP contribution in [0.4, 0.5) is 0 Å². The second-order valence-corrected chi connectivity index (χ2v) is 5.83. The van der Waals surface area contributed by atoms with Crippen LogP contribution in [0.25, 0.3) is 0 Å². The van der Waals surface area contributed by atoms with Gasteiger partial charge < -0.3 is 20.3 Å². The highest BCUT2D eigenvalue weighted by Crippen LogP contribution is 2.46. The number of halogens is 1. The first-order valence-electron chi connectivity index (χ1n) is 6.56. The van der Waals surface area contributed by atoms with E-state index in [1.54, 1.807) is 0 Å². The maximum atomic E-state index is 10.1. The van der Waals surface area contributed by atoms with Gasteiger partial charge in [-0.2, -0.15) is 0 Å². The summed E-state index contributed by atoms with van der Waals surface area (Å²) in [5.41, 5.74) is 7.39. The Labute approximate surface area is 122 Å². The van der Waals surface area contributed by atoms with Crippen LogP contribution in [-0.4, -0.2) is 24.9 Å². The van der Waals surface area contributed by atoms with Crippen LogP contribution in [0.3, 0.4) is 0 Å². The number of benzene rings is 1. The van der Waals surface area contributed by atoms with Gasteiger partial charge in [-0.1, -0.05) is 13.8 Å². The Kier molecular flexibility index (Phi) is 4.71. The van der Waals surface area contributed by atoms with E-state index in [-0.39, 0.29) is 12.5 Å². The van der Waals surface area contributed by atoms with Crippen molar-refractivity contribution in [1.29, 1.82) is 0 Å². The molecule has 0 spiro atoms. The lowest BCUT2D eigenvalue weighted by molar-refractivity contribution is 0.184. The summed E-state index contributed by atoms with van der Waals surface area (Å²) in [6.07, 6.45) is 0.166. The van der Waals surface area contributed by atoms with Crippen molar-refractivity contribution in [2.24, 2.45) is 5.73 Å². The molecule has 5 heteroatoms. The van der Waals surface area contributed by atoms with Crippen LogP contribution in [0.15, 0.2) is 10.5 Å². The Balaban J connectivity index is 2.63. The summed E-state index contributed by atoms with van der Waals surface area (Å²) < 4.78 is 12.4. The minimum absolute atomic E-state index is 0.186. The van der Waals surface area contributed by atoms with E-state index in [2.05, 4.69) is 29.8 Å². The topological polar surface area (TPSA) is 64.7 Å². The molecule has 0 saturated carbocycles. The molecule has 0 aliphatic carbocycles. The molecule has 1 unspecified atom stereocenters. The second kappa shape index (κ2) is 6.11. The van der Waals surface area contributed by atoms with Crippen LogP contribution >= 0.6 is 15.9 Å². The van der Waals surface area contributed by atoms with Crippen LogP contribution in [0.2, 0.25) is 0 Å². The number of hydrogen-bond donors (Lipinski definition) is 2. The largest absolute Gasteiger partial charge is 0.489 e. The van der Waals surface area contributed by atoms with Gasteiger partial charge >= 0.3 is 0 Å². The smallest absolute Gasteiger partial charge is 0.175 e. The van der Waals surface area contributed by atoms with Gasteiger partial charge in [0.05, 0.1) is 23.8 Å². The third kappa shape index (κ3) is 2.88. The second-order valence-electron chi connectivity index (χ2n) is 4.98. The number of fused-ring (bicyclic) bond motifs is 1. The van der Waals surface area contributed by atoms with E-state index in [1.165, 1.54) is 0 Å². The Morgan fingerprint density at radius 1 is 1.32 bits per heavy atom. The molecule has 0 amide bonds. The molecule has 1 aliphatic heterocycles. The molecule has 0 radical (unpaired) electrons. The summed E-state index contributed by atoms with van der Waals surface area (Å²) in [6, 6.07) is 1.89. The maximum Gasteiger partial charge on any atom is 0.175 e. The minimum atomic E-state index is -0.689. The normalized spacial score (nSPS) is 16.3. The molecular weight excluding hydrogens is 310 g/mol. The zero-order valence-corrected chi connectivity index (χ0v) is 12.9. The Hall–Kier alpha value is -0.780. The van der Waals surface area contributed by atoms with Crippen molar-refractivity contribution in [2.45, 2.75) is 32.3 Å². The highest BCUT2D eigenvalue weighted by molar-refractivity contribution is 9.10. The highest BCUT2D eigenvalue weighted by Gasteiger charge is 2.25. The number of aliphatic hydroxyl groups is 1. The van der Waals surface area contributed by atoms with Crippen LogP contribution in [0, 0.1) is 0 Å². The summed E-state index contributed by atoms with van der Waals surface area (Å²) >= 11 is 3.49. The zero-order valence-electron chi connectivity index (χ0n) is 11.3. The van der Waals surface area contributed by atoms with Crippen LogP contribution < -0.4 is 15.2 Å². The standard InChI is InChI=1S/C14H20BrNO3/c1-8(2)12-9(11(17)7-16)6-10(15)13-14(12)19-5-3-4-18-13/h6,8,11,17H,3-5,7,16H2,1-2H3. The molecule has 3 N–H and O–H groups in total. The van der Waals surface area contributed by atoms with Gasteiger partial charge in [-0.15, -0.1) is 0 Å². The molecule has 1 aromatic rings. The van der Waals surface area contributed by atoms with Gasteiger partial charge in [0, 0.05) is 18.5 Å². The van der Waals surface area contributed by atoms with E-state index in [1.807, 2.05) is 6.07 Å². The first-order valence-corrected chi connectivity index (χ1v) is 7.35. The monoisotopic (exact) mass is 329 g/mol. The summed E-state index contributed by atoms with van der Waals surface area (Å²) in [5, 5.41) is 10.1. The van der Waals surface area contributed by atoms with E-state index in [4.69, 9.17) is 15.2 Å². The molecule has 19 heavy (non-hydrogen) atoms. The SMILES string of the molecule is CC(C)c1c(C(O)CN)cc(Br)c2c1OCCCO2. The molecule has 4 nitrogen and oxygen atoms in total. The van der Waals surface area contributed by atoms with E-state index >= 15 is 0 Å². The van der Waals surface area contributed by atoms with Crippen LogP contribution in [0.5, 0.6) is 11.5 Å². The molecule has 0 saturated heterocycles. The maximum absolute atomic E-state index is 10.1. The van der Waals surface area contributed by atoms with Gasteiger partial charge in [-0.05, 0) is 33.5 Å². The van der Waals surface area contributed by atoms with Crippen LogP contribution in [0.1, 0.15) is 43.4 Å². The summed E-state index contributed by atoms with van der Waals surface area (Å²) in [5.74, 6) is 1.69. The number of rotatable bonds is 3. The molecule has 0 aromatic heterocycles. The van der Waals surface area contributed by atoms with E-state index < -0.39 is 6.10 Å². The van der Waals surface area contributed by atoms with Gasteiger partial charge in [0.1, 0.15) is 0 Å². The number of ether oxygens (including phenoxy) is 2. The third-order valence-electron chi connectivity index (χ3n) is 3.20. The van der Waals surface area contributed by atoms with Crippen LogP contribution in [-0.2, 0) is 0 Å². The third-order valence-corrected chi connectivity index (χ3v) is 3.79. The fourth-order valence-electron chi connectivity index (χ4n) is 2.33. The number of aliphatic hydroxyl groups excluding tert-OH is 1. The van der Waals surface area contributed by atoms with Gasteiger partial charge in [0.15, 0.2) is 11.5 Å². The van der Waals surface area contributed by atoms with Crippen molar-refractivity contribution >= 4 is 15.9 Å². The van der Waals surface area contributed by atoms with E-state index in [0.717, 1.165) is 33.5 Å². The minimum Gasteiger partial charge on any atom is -0.489 e. The Morgan fingerprint density at radius 3 is 2.53 bits per heavy atom. The number of nitrogens with two attached hydrogens (primary N) is 1. The lowest BCUT2D eigenvalue weighted by Crippen LogP contribution is -2.15.